The van der Waals surface area contributed by atoms with Crippen LogP contribution in [0.4, 0.5) is 0 Å². The number of benzene rings is 2. The normalized spacial score (nSPS) is 14.1. The van der Waals surface area contributed by atoms with E-state index >= 15 is 0 Å². The summed E-state index contributed by atoms with van der Waals surface area (Å²) in [5.74, 6) is -1.14. The molecule has 0 unspecified atom stereocenters. The Kier molecular flexibility index (Phi) is 5.54. The quantitative estimate of drug-likeness (QED) is 0.760. The standard InChI is InChI=1S/C21H21NO5/c1-26-19(24)16-9-7-15(8-10-16)13-22-18(23)14-27-20(25)21(11-12-21)17-5-3-2-4-6-17/h2-10H,11-14H2,1H3,(H,22,23). The predicted molar refractivity (Wildman–Crippen MR) is 97.9 cm³/mol. The van der Waals surface area contributed by atoms with Gasteiger partial charge in [-0.1, -0.05) is 42.5 Å². The molecule has 1 aliphatic rings. The summed E-state index contributed by atoms with van der Waals surface area (Å²) in [6.07, 6.45) is 1.48. The lowest BCUT2D eigenvalue weighted by atomic mass is 9.96. The van der Waals surface area contributed by atoms with E-state index in [9.17, 15) is 14.4 Å². The van der Waals surface area contributed by atoms with Gasteiger partial charge in [0.2, 0.25) is 0 Å². The molecular weight excluding hydrogens is 346 g/mol. The van der Waals surface area contributed by atoms with Crippen molar-refractivity contribution in [1.29, 1.82) is 0 Å². The number of methoxy groups -OCH3 is 1. The molecule has 1 fully saturated rings. The minimum Gasteiger partial charge on any atom is -0.465 e. The zero-order valence-electron chi connectivity index (χ0n) is 15.1. The second-order valence-electron chi connectivity index (χ2n) is 6.49. The molecule has 1 saturated carbocycles. The molecule has 3 rings (SSSR count). The Morgan fingerprint density at radius 1 is 1.00 bits per heavy atom. The molecule has 0 radical (unpaired) electrons. The van der Waals surface area contributed by atoms with Crippen LogP contribution in [0.3, 0.4) is 0 Å². The van der Waals surface area contributed by atoms with E-state index in [1.807, 2.05) is 30.3 Å². The maximum Gasteiger partial charge on any atom is 0.337 e. The van der Waals surface area contributed by atoms with Crippen LogP contribution in [0.15, 0.2) is 54.6 Å². The molecular formula is C21H21NO5. The maximum atomic E-state index is 12.4. The van der Waals surface area contributed by atoms with E-state index in [4.69, 9.17) is 4.74 Å². The summed E-state index contributed by atoms with van der Waals surface area (Å²) >= 11 is 0. The highest BCUT2D eigenvalue weighted by molar-refractivity contribution is 5.89. The summed E-state index contributed by atoms with van der Waals surface area (Å²) in [6.45, 7) is -0.0324. The van der Waals surface area contributed by atoms with Crippen LogP contribution >= 0.6 is 0 Å². The fourth-order valence-electron chi connectivity index (χ4n) is 2.89. The van der Waals surface area contributed by atoms with E-state index in [0.29, 0.717) is 5.56 Å². The van der Waals surface area contributed by atoms with Crippen LogP contribution in [0, 0.1) is 0 Å². The molecule has 1 amide bonds. The number of carbonyl (C=O) groups is 3. The Morgan fingerprint density at radius 3 is 2.26 bits per heavy atom. The number of amides is 1. The zero-order chi connectivity index (χ0) is 19.3. The van der Waals surface area contributed by atoms with Gasteiger partial charge in [-0.15, -0.1) is 0 Å². The molecule has 1 N–H and O–H groups in total. The highest BCUT2D eigenvalue weighted by Crippen LogP contribution is 2.49. The second kappa shape index (κ2) is 8.03. The molecule has 0 atom stereocenters. The van der Waals surface area contributed by atoms with Gasteiger partial charge in [-0.3, -0.25) is 9.59 Å². The van der Waals surface area contributed by atoms with Gasteiger partial charge in [0.25, 0.3) is 5.91 Å². The molecule has 6 heteroatoms. The molecule has 1 aliphatic carbocycles. The van der Waals surface area contributed by atoms with Gasteiger partial charge in [0.15, 0.2) is 6.61 Å². The molecule has 0 heterocycles. The summed E-state index contributed by atoms with van der Waals surface area (Å²) in [7, 11) is 1.32. The lowest BCUT2D eigenvalue weighted by Gasteiger charge is -2.14. The molecule has 0 saturated heterocycles. The number of esters is 2. The number of ether oxygens (including phenoxy) is 2. The zero-order valence-corrected chi connectivity index (χ0v) is 15.1. The minimum atomic E-state index is -0.592. The monoisotopic (exact) mass is 367 g/mol. The molecule has 2 aromatic carbocycles. The number of hydrogen-bond acceptors (Lipinski definition) is 5. The van der Waals surface area contributed by atoms with Crippen molar-refractivity contribution in [2.45, 2.75) is 24.8 Å². The molecule has 27 heavy (non-hydrogen) atoms. The number of nitrogens with one attached hydrogen (secondary N) is 1. The first-order valence-electron chi connectivity index (χ1n) is 8.72. The number of hydrogen-bond donors (Lipinski definition) is 1. The molecule has 6 nitrogen and oxygen atoms in total. The SMILES string of the molecule is COC(=O)c1ccc(CNC(=O)COC(=O)C2(c3ccccc3)CC2)cc1. The summed E-state index contributed by atoms with van der Waals surface area (Å²) in [5, 5.41) is 2.70. The topological polar surface area (TPSA) is 81.7 Å². The van der Waals surface area contributed by atoms with Crippen molar-refractivity contribution in [1.82, 2.24) is 5.32 Å². The predicted octanol–water partition coefficient (Wildman–Crippen LogP) is 2.36. The Labute approximate surface area is 157 Å². The van der Waals surface area contributed by atoms with Crippen molar-refractivity contribution in [3.05, 3.63) is 71.3 Å². The van der Waals surface area contributed by atoms with Crippen molar-refractivity contribution in [3.8, 4) is 0 Å². The van der Waals surface area contributed by atoms with Crippen LogP contribution in [-0.2, 0) is 31.0 Å². The third-order valence-corrected chi connectivity index (χ3v) is 4.67. The molecule has 0 bridgehead atoms. The van der Waals surface area contributed by atoms with Gasteiger partial charge in [0, 0.05) is 6.54 Å². The van der Waals surface area contributed by atoms with E-state index in [2.05, 4.69) is 10.1 Å². The molecule has 0 spiro atoms. The first-order valence-corrected chi connectivity index (χ1v) is 8.72. The van der Waals surface area contributed by atoms with E-state index in [0.717, 1.165) is 24.0 Å². The third-order valence-electron chi connectivity index (χ3n) is 4.67. The van der Waals surface area contributed by atoms with E-state index in [-0.39, 0.29) is 25.0 Å². The first kappa shape index (κ1) is 18.6. The highest BCUT2D eigenvalue weighted by atomic mass is 16.5. The summed E-state index contributed by atoms with van der Waals surface area (Å²) in [4.78, 5) is 35.7. The van der Waals surface area contributed by atoms with Gasteiger partial charge in [-0.05, 0) is 36.1 Å². The second-order valence-corrected chi connectivity index (χ2v) is 6.49. The largest absolute Gasteiger partial charge is 0.465 e. The van der Waals surface area contributed by atoms with Crippen molar-refractivity contribution in [2.75, 3.05) is 13.7 Å². The van der Waals surface area contributed by atoms with Gasteiger partial charge < -0.3 is 14.8 Å². The lowest BCUT2D eigenvalue weighted by molar-refractivity contribution is -0.151. The highest BCUT2D eigenvalue weighted by Gasteiger charge is 2.52. The first-order chi connectivity index (χ1) is 13.0. The van der Waals surface area contributed by atoms with Crippen molar-refractivity contribution < 1.29 is 23.9 Å². The summed E-state index contributed by atoms with van der Waals surface area (Å²) in [5.41, 5.74) is 1.61. The maximum absolute atomic E-state index is 12.4. The van der Waals surface area contributed by atoms with Crippen LogP contribution in [0.25, 0.3) is 0 Å². The lowest BCUT2D eigenvalue weighted by Crippen LogP contribution is -2.31. The van der Waals surface area contributed by atoms with E-state index < -0.39 is 11.4 Å². The van der Waals surface area contributed by atoms with Crippen molar-refractivity contribution >= 4 is 17.8 Å². The van der Waals surface area contributed by atoms with Crippen LogP contribution in [0.2, 0.25) is 0 Å². The average molecular weight is 367 g/mol. The van der Waals surface area contributed by atoms with Gasteiger partial charge in [-0.2, -0.15) is 0 Å². The van der Waals surface area contributed by atoms with E-state index in [1.54, 1.807) is 24.3 Å². The van der Waals surface area contributed by atoms with Crippen LogP contribution in [0.1, 0.15) is 34.3 Å². The Hall–Kier alpha value is -3.15. The van der Waals surface area contributed by atoms with Crippen LogP contribution < -0.4 is 5.32 Å². The molecule has 140 valence electrons. The number of carbonyl (C=O) groups excluding carboxylic acids is 3. The number of rotatable bonds is 7. The summed E-state index contributed by atoms with van der Waals surface area (Å²) in [6, 6.07) is 16.2. The van der Waals surface area contributed by atoms with E-state index in [1.165, 1.54) is 7.11 Å². The average Bonchev–Trinajstić information content (AvgIpc) is 3.53. The van der Waals surface area contributed by atoms with Crippen molar-refractivity contribution in [2.24, 2.45) is 0 Å². The van der Waals surface area contributed by atoms with Crippen LogP contribution in [0.5, 0.6) is 0 Å². The molecule has 0 aliphatic heterocycles. The van der Waals surface area contributed by atoms with Gasteiger partial charge >= 0.3 is 11.9 Å². The van der Waals surface area contributed by atoms with Gasteiger partial charge in [-0.25, -0.2) is 4.79 Å². The van der Waals surface area contributed by atoms with Crippen molar-refractivity contribution in [3.63, 3.8) is 0 Å². The Balaban J connectivity index is 1.46. The van der Waals surface area contributed by atoms with Gasteiger partial charge in [0.1, 0.15) is 0 Å². The third kappa shape index (κ3) is 4.34. The fourth-order valence-corrected chi connectivity index (χ4v) is 2.89. The fraction of sp³-hybridized carbons (Fsp3) is 0.286. The smallest absolute Gasteiger partial charge is 0.337 e. The van der Waals surface area contributed by atoms with Crippen LogP contribution in [-0.4, -0.2) is 31.6 Å². The molecule has 0 aromatic heterocycles. The minimum absolute atomic E-state index is 0.279. The Morgan fingerprint density at radius 2 is 1.67 bits per heavy atom. The molecule has 2 aromatic rings. The Bertz CT molecular complexity index is 825. The van der Waals surface area contributed by atoms with Gasteiger partial charge in [0.05, 0.1) is 18.1 Å². The summed E-state index contributed by atoms with van der Waals surface area (Å²) < 4.78 is 9.86.